The van der Waals surface area contributed by atoms with Gasteiger partial charge >= 0.3 is 0 Å². The van der Waals surface area contributed by atoms with Gasteiger partial charge in [0.25, 0.3) is 5.56 Å². The lowest BCUT2D eigenvalue weighted by Gasteiger charge is -2.17. The fourth-order valence-electron chi connectivity index (χ4n) is 3.65. The van der Waals surface area contributed by atoms with Crippen molar-refractivity contribution >= 4 is 38.9 Å². The van der Waals surface area contributed by atoms with Crippen LogP contribution in [0.1, 0.15) is 41.1 Å². The molecular formula is C21H21N3O3S. The third kappa shape index (κ3) is 3.49. The smallest absolute Gasteiger partial charge is 0.262 e. The topological polar surface area (TPSA) is 81.1 Å². The van der Waals surface area contributed by atoms with Gasteiger partial charge in [0.2, 0.25) is 5.91 Å². The van der Waals surface area contributed by atoms with E-state index in [-0.39, 0.29) is 23.8 Å². The number of hydrogen-bond acceptors (Lipinski definition) is 5. The number of carbonyl (C=O) groups is 2. The van der Waals surface area contributed by atoms with E-state index < -0.39 is 0 Å². The van der Waals surface area contributed by atoms with Crippen LogP contribution in [0.15, 0.2) is 35.4 Å². The van der Waals surface area contributed by atoms with E-state index in [2.05, 4.69) is 17.2 Å². The minimum Gasteiger partial charge on any atom is -0.325 e. The highest BCUT2D eigenvalue weighted by atomic mass is 32.1. The van der Waals surface area contributed by atoms with E-state index in [0.717, 1.165) is 29.7 Å². The van der Waals surface area contributed by atoms with Gasteiger partial charge in [-0.2, -0.15) is 0 Å². The number of carbonyl (C=O) groups excluding carboxylic acids is 2. The quantitative estimate of drug-likeness (QED) is 0.687. The Morgan fingerprint density at radius 1 is 1.36 bits per heavy atom. The summed E-state index contributed by atoms with van der Waals surface area (Å²) >= 11 is 1.60. The number of fused-ring (bicyclic) bond motifs is 3. The standard InChI is InChI=1S/C21H21N3O3S/c1-12-6-7-16-17(8-12)28-20-19(16)21(27)24(11-22-20)10-18(26)23-15-5-3-4-14(9-15)13(2)25/h3-5,9,11-12H,6-8,10H2,1-2H3,(H,23,26)/t12-/m1/s1. The SMILES string of the molecule is CC(=O)c1cccc(NC(=O)Cn2cnc3sc4c(c3c2=O)CC[C@@H](C)C4)c1. The van der Waals surface area contributed by atoms with Gasteiger partial charge < -0.3 is 5.32 Å². The highest BCUT2D eigenvalue weighted by Gasteiger charge is 2.23. The van der Waals surface area contributed by atoms with Crippen molar-refractivity contribution in [2.75, 3.05) is 5.32 Å². The Hall–Kier alpha value is -2.80. The number of anilines is 1. The van der Waals surface area contributed by atoms with Crippen molar-refractivity contribution in [2.45, 2.75) is 39.7 Å². The number of aryl methyl sites for hydroxylation is 1. The minimum absolute atomic E-state index is 0.0708. The molecule has 0 unspecified atom stereocenters. The van der Waals surface area contributed by atoms with E-state index in [1.165, 1.54) is 22.7 Å². The number of nitrogens with zero attached hydrogens (tertiary/aromatic N) is 2. The van der Waals surface area contributed by atoms with Gasteiger partial charge in [-0.1, -0.05) is 19.1 Å². The van der Waals surface area contributed by atoms with E-state index in [9.17, 15) is 14.4 Å². The van der Waals surface area contributed by atoms with Crippen LogP contribution in [-0.4, -0.2) is 21.2 Å². The number of rotatable bonds is 4. The molecule has 7 heteroatoms. The van der Waals surface area contributed by atoms with E-state index in [1.807, 2.05) is 0 Å². The monoisotopic (exact) mass is 395 g/mol. The number of amides is 1. The molecule has 0 aliphatic heterocycles. The lowest BCUT2D eigenvalue weighted by molar-refractivity contribution is -0.116. The summed E-state index contributed by atoms with van der Waals surface area (Å²) in [5.74, 6) is 0.222. The Morgan fingerprint density at radius 3 is 2.96 bits per heavy atom. The largest absolute Gasteiger partial charge is 0.325 e. The van der Waals surface area contributed by atoms with E-state index >= 15 is 0 Å². The van der Waals surface area contributed by atoms with Crippen LogP contribution in [0.2, 0.25) is 0 Å². The number of benzene rings is 1. The highest BCUT2D eigenvalue weighted by molar-refractivity contribution is 7.18. The zero-order valence-electron chi connectivity index (χ0n) is 15.8. The van der Waals surface area contributed by atoms with Crippen LogP contribution < -0.4 is 10.9 Å². The first-order valence-corrected chi connectivity index (χ1v) is 10.1. The maximum Gasteiger partial charge on any atom is 0.262 e. The van der Waals surface area contributed by atoms with Gasteiger partial charge in [0.15, 0.2) is 5.78 Å². The number of nitrogens with one attached hydrogen (secondary N) is 1. The van der Waals surface area contributed by atoms with Crippen molar-refractivity contribution in [1.82, 2.24) is 9.55 Å². The third-order valence-electron chi connectivity index (χ3n) is 5.15. The van der Waals surface area contributed by atoms with Crippen LogP contribution >= 0.6 is 11.3 Å². The molecule has 1 N–H and O–H groups in total. The average Bonchev–Trinajstić information content (AvgIpc) is 3.02. The normalized spacial score (nSPS) is 16.0. The average molecular weight is 395 g/mol. The second-order valence-corrected chi connectivity index (χ2v) is 8.48. The number of thiophene rings is 1. The molecule has 0 saturated heterocycles. The molecule has 2 heterocycles. The van der Waals surface area contributed by atoms with Crippen LogP contribution in [-0.2, 0) is 24.2 Å². The first-order chi connectivity index (χ1) is 13.4. The Balaban J connectivity index is 1.59. The maximum absolute atomic E-state index is 13.0. The number of ketones is 1. The van der Waals surface area contributed by atoms with Gasteiger partial charge in [-0.3, -0.25) is 19.0 Å². The summed E-state index contributed by atoms with van der Waals surface area (Å²) in [4.78, 5) is 43.3. The van der Waals surface area contributed by atoms with Gasteiger partial charge in [-0.05, 0) is 49.8 Å². The molecule has 0 saturated carbocycles. The molecule has 0 radical (unpaired) electrons. The Bertz CT molecular complexity index is 1150. The van der Waals surface area contributed by atoms with E-state index in [4.69, 9.17) is 0 Å². The van der Waals surface area contributed by atoms with E-state index in [1.54, 1.807) is 35.6 Å². The zero-order chi connectivity index (χ0) is 19.8. The molecule has 28 heavy (non-hydrogen) atoms. The van der Waals surface area contributed by atoms with Crippen molar-refractivity contribution in [3.8, 4) is 0 Å². The van der Waals surface area contributed by atoms with Crippen LogP contribution in [0.4, 0.5) is 5.69 Å². The molecule has 0 bridgehead atoms. The first kappa shape index (κ1) is 18.6. The van der Waals surface area contributed by atoms with Crippen LogP contribution in [0.25, 0.3) is 10.2 Å². The molecule has 1 aliphatic rings. The molecule has 4 rings (SSSR count). The molecule has 144 valence electrons. The van der Waals surface area contributed by atoms with E-state index in [0.29, 0.717) is 22.6 Å². The van der Waals surface area contributed by atoms with Crippen molar-refractivity contribution < 1.29 is 9.59 Å². The fourth-order valence-corrected chi connectivity index (χ4v) is 4.99. The van der Waals surface area contributed by atoms with Crippen molar-refractivity contribution in [3.05, 3.63) is 57.0 Å². The number of hydrogen-bond donors (Lipinski definition) is 1. The summed E-state index contributed by atoms with van der Waals surface area (Å²) in [6.45, 7) is 3.58. The lowest BCUT2D eigenvalue weighted by Crippen LogP contribution is -2.28. The van der Waals surface area contributed by atoms with Gasteiger partial charge in [-0.25, -0.2) is 4.98 Å². The van der Waals surface area contributed by atoms with Crippen molar-refractivity contribution in [3.63, 3.8) is 0 Å². The Labute approximate surface area is 166 Å². The molecule has 1 atom stereocenters. The minimum atomic E-state index is -0.332. The summed E-state index contributed by atoms with van der Waals surface area (Å²) in [7, 11) is 0. The highest BCUT2D eigenvalue weighted by Crippen LogP contribution is 2.35. The zero-order valence-corrected chi connectivity index (χ0v) is 16.6. The van der Waals surface area contributed by atoms with Crippen LogP contribution in [0, 0.1) is 5.92 Å². The second-order valence-electron chi connectivity index (χ2n) is 7.39. The van der Waals surface area contributed by atoms with Gasteiger partial charge in [0.05, 0.1) is 11.7 Å². The second kappa shape index (κ2) is 7.31. The Kier molecular flexibility index (Phi) is 4.85. The molecule has 0 fully saturated rings. The summed E-state index contributed by atoms with van der Waals surface area (Å²) in [6.07, 6.45) is 4.39. The van der Waals surface area contributed by atoms with Crippen molar-refractivity contribution in [1.29, 1.82) is 0 Å². The van der Waals surface area contributed by atoms with Gasteiger partial charge in [0, 0.05) is 16.1 Å². The molecule has 2 aromatic heterocycles. The molecule has 0 spiro atoms. The summed E-state index contributed by atoms with van der Waals surface area (Å²) in [6, 6.07) is 6.75. The summed E-state index contributed by atoms with van der Waals surface area (Å²) in [5.41, 5.74) is 2.00. The van der Waals surface area contributed by atoms with Crippen LogP contribution in [0.5, 0.6) is 0 Å². The molecular weight excluding hydrogens is 374 g/mol. The predicted octanol–water partition coefficient (Wildman–Crippen LogP) is 3.42. The molecule has 3 aromatic rings. The first-order valence-electron chi connectivity index (χ1n) is 9.33. The Morgan fingerprint density at radius 2 is 2.18 bits per heavy atom. The molecule has 6 nitrogen and oxygen atoms in total. The lowest BCUT2D eigenvalue weighted by atomic mass is 9.89. The summed E-state index contributed by atoms with van der Waals surface area (Å²) < 4.78 is 1.36. The third-order valence-corrected chi connectivity index (χ3v) is 6.31. The molecule has 1 aromatic carbocycles. The van der Waals surface area contributed by atoms with Gasteiger partial charge in [-0.15, -0.1) is 11.3 Å². The molecule has 1 aliphatic carbocycles. The number of Topliss-reactive ketones (excluding diaryl/α,β-unsaturated/α-hetero) is 1. The summed E-state index contributed by atoms with van der Waals surface area (Å²) in [5, 5.41) is 3.41. The molecule has 1 amide bonds. The predicted molar refractivity (Wildman–Crippen MR) is 110 cm³/mol. The van der Waals surface area contributed by atoms with Gasteiger partial charge in [0.1, 0.15) is 11.4 Å². The fraction of sp³-hybridized carbons (Fsp3) is 0.333. The van der Waals surface area contributed by atoms with Crippen LogP contribution in [0.3, 0.4) is 0 Å². The number of aromatic nitrogens is 2. The van der Waals surface area contributed by atoms with Crippen molar-refractivity contribution in [2.24, 2.45) is 5.92 Å². The maximum atomic E-state index is 13.0.